The maximum absolute atomic E-state index is 12.8. The average molecular weight is 411 g/mol. The molecule has 0 saturated carbocycles. The molecule has 1 aromatic carbocycles. The first-order valence-electron chi connectivity index (χ1n) is 10.3. The number of carbonyl (C=O) groups is 1. The third kappa shape index (κ3) is 5.16. The average Bonchev–Trinajstić information content (AvgIpc) is 3.40. The highest BCUT2D eigenvalue weighted by Crippen LogP contribution is 2.23. The van der Waals surface area contributed by atoms with Crippen molar-refractivity contribution in [3.05, 3.63) is 71.3 Å². The Morgan fingerprint density at radius 3 is 2.70 bits per heavy atom. The zero-order chi connectivity index (χ0) is 21.5. The number of imidazole rings is 2. The summed E-state index contributed by atoms with van der Waals surface area (Å²) in [4.78, 5) is 24.1. The minimum Gasteiger partial charge on any atom is -0.461 e. The van der Waals surface area contributed by atoms with E-state index in [-0.39, 0.29) is 31.0 Å². The Kier molecular flexibility index (Phi) is 7.41. The Bertz CT molecular complexity index is 949. The van der Waals surface area contributed by atoms with Crippen LogP contribution in [0.5, 0.6) is 0 Å². The van der Waals surface area contributed by atoms with Gasteiger partial charge in [0.15, 0.2) is 0 Å². The van der Waals surface area contributed by atoms with Crippen molar-refractivity contribution in [2.75, 3.05) is 6.61 Å². The predicted molar refractivity (Wildman–Crippen MR) is 114 cm³/mol. The fraction of sp³-hybridized carbons (Fsp3) is 0.435. The van der Waals surface area contributed by atoms with Gasteiger partial charge in [0.05, 0.1) is 18.6 Å². The van der Waals surface area contributed by atoms with E-state index in [4.69, 9.17) is 4.74 Å². The van der Waals surface area contributed by atoms with Crippen LogP contribution in [0.3, 0.4) is 0 Å². The number of benzene rings is 1. The van der Waals surface area contributed by atoms with Crippen LogP contribution >= 0.6 is 0 Å². The van der Waals surface area contributed by atoms with Crippen LogP contribution in [0.15, 0.2) is 43.2 Å². The summed E-state index contributed by atoms with van der Waals surface area (Å²) in [6, 6.07) is 6.04. The molecule has 3 aromatic rings. The molecule has 30 heavy (non-hydrogen) atoms. The minimum absolute atomic E-state index is 0.0719. The molecule has 2 N–H and O–H groups in total. The van der Waals surface area contributed by atoms with E-state index < -0.39 is 0 Å². The number of aromatic nitrogens is 4. The monoisotopic (exact) mass is 410 g/mol. The molecule has 0 aliphatic rings. The van der Waals surface area contributed by atoms with Gasteiger partial charge in [-0.2, -0.15) is 0 Å². The molecule has 0 aliphatic heterocycles. The molecule has 0 radical (unpaired) electrons. The van der Waals surface area contributed by atoms with E-state index >= 15 is 0 Å². The first kappa shape index (κ1) is 21.8. The van der Waals surface area contributed by atoms with Crippen LogP contribution < -0.4 is 0 Å². The van der Waals surface area contributed by atoms with E-state index in [2.05, 4.69) is 21.0 Å². The minimum atomic E-state index is -0.363. The molecule has 7 nitrogen and oxygen atoms in total. The first-order chi connectivity index (χ1) is 14.5. The molecule has 0 fully saturated rings. The SMILES string of the molecule is CCC(C(=O)OCc1cccc(Cc2cnc[nH]2)c1C)C(CO)Cc1cncn1C. The van der Waals surface area contributed by atoms with Gasteiger partial charge in [0.1, 0.15) is 6.61 Å². The Morgan fingerprint density at radius 2 is 2.07 bits per heavy atom. The van der Waals surface area contributed by atoms with Gasteiger partial charge in [-0.15, -0.1) is 0 Å². The number of aliphatic hydroxyl groups is 1. The van der Waals surface area contributed by atoms with Crippen molar-refractivity contribution in [1.82, 2.24) is 19.5 Å². The zero-order valence-corrected chi connectivity index (χ0v) is 17.8. The van der Waals surface area contributed by atoms with Gasteiger partial charge in [-0.1, -0.05) is 25.1 Å². The van der Waals surface area contributed by atoms with E-state index in [1.54, 1.807) is 18.9 Å². The second-order valence-corrected chi connectivity index (χ2v) is 7.72. The second-order valence-electron chi connectivity index (χ2n) is 7.72. The van der Waals surface area contributed by atoms with Crippen LogP contribution in [-0.4, -0.2) is 37.2 Å². The van der Waals surface area contributed by atoms with E-state index in [1.807, 2.05) is 43.8 Å². The summed E-state index contributed by atoms with van der Waals surface area (Å²) in [5, 5.41) is 9.91. The van der Waals surface area contributed by atoms with E-state index in [9.17, 15) is 9.90 Å². The topological polar surface area (TPSA) is 93.0 Å². The summed E-state index contributed by atoms with van der Waals surface area (Å²) in [6.07, 6.45) is 8.93. The lowest BCUT2D eigenvalue weighted by Crippen LogP contribution is -2.30. The number of hydrogen-bond donors (Lipinski definition) is 2. The van der Waals surface area contributed by atoms with Crippen molar-refractivity contribution in [2.45, 2.75) is 39.7 Å². The molecular formula is C23H30N4O3. The van der Waals surface area contributed by atoms with Gasteiger partial charge in [0.25, 0.3) is 0 Å². The summed E-state index contributed by atoms with van der Waals surface area (Å²) >= 11 is 0. The molecule has 0 spiro atoms. The van der Waals surface area contributed by atoms with E-state index in [1.165, 1.54) is 5.56 Å². The standard InChI is InChI=1S/C23H30N4O3/c1-4-22(19(12-28)9-21-11-25-15-27(21)3)23(29)30-13-18-7-5-6-17(16(18)2)8-20-10-24-14-26-20/h5-7,10-11,14-15,19,22,28H,4,8-9,12-13H2,1-3H3,(H,24,26). The lowest BCUT2D eigenvalue weighted by atomic mass is 9.87. The highest BCUT2D eigenvalue weighted by Gasteiger charge is 2.28. The fourth-order valence-electron chi connectivity index (χ4n) is 3.80. The Balaban J connectivity index is 1.65. The highest BCUT2D eigenvalue weighted by molar-refractivity contribution is 5.72. The number of aromatic amines is 1. The molecule has 2 aromatic heterocycles. The van der Waals surface area contributed by atoms with Crippen molar-refractivity contribution < 1.29 is 14.6 Å². The summed E-state index contributed by atoms with van der Waals surface area (Å²) in [7, 11) is 1.91. The Morgan fingerprint density at radius 1 is 1.27 bits per heavy atom. The van der Waals surface area contributed by atoms with Crippen LogP contribution in [-0.2, 0) is 36.0 Å². The maximum atomic E-state index is 12.8. The Hall–Kier alpha value is -2.93. The van der Waals surface area contributed by atoms with Gasteiger partial charge in [0.2, 0.25) is 0 Å². The molecule has 3 rings (SSSR count). The van der Waals surface area contributed by atoms with Crippen LogP contribution in [0, 0.1) is 18.8 Å². The van der Waals surface area contributed by atoms with Gasteiger partial charge in [-0.3, -0.25) is 4.79 Å². The maximum Gasteiger partial charge on any atom is 0.309 e. The number of aryl methyl sites for hydroxylation is 1. The largest absolute Gasteiger partial charge is 0.461 e. The smallest absolute Gasteiger partial charge is 0.309 e. The van der Waals surface area contributed by atoms with Crippen molar-refractivity contribution in [3.8, 4) is 0 Å². The zero-order valence-electron chi connectivity index (χ0n) is 17.8. The quantitative estimate of drug-likeness (QED) is 0.501. The molecular weight excluding hydrogens is 380 g/mol. The molecule has 0 aliphatic carbocycles. The molecule has 0 bridgehead atoms. The van der Waals surface area contributed by atoms with Gasteiger partial charge in [-0.25, -0.2) is 9.97 Å². The lowest BCUT2D eigenvalue weighted by molar-refractivity contribution is -0.152. The Labute approximate surface area is 177 Å². The molecule has 7 heteroatoms. The van der Waals surface area contributed by atoms with Crippen molar-refractivity contribution >= 4 is 5.97 Å². The molecule has 160 valence electrons. The number of H-pyrrole nitrogens is 1. The number of esters is 1. The van der Waals surface area contributed by atoms with Gasteiger partial charge < -0.3 is 19.4 Å². The van der Waals surface area contributed by atoms with Crippen LogP contribution in [0.2, 0.25) is 0 Å². The number of nitrogens with one attached hydrogen (secondary N) is 1. The molecule has 2 unspecified atom stereocenters. The summed E-state index contributed by atoms with van der Waals surface area (Å²) in [5.74, 6) is -0.832. The normalized spacial score (nSPS) is 13.2. The molecule has 0 amide bonds. The van der Waals surface area contributed by atoms with Crippen LogP contribution in [0.4, 0.5) is 0 Å². The summed E-state index contributed by atoms with van der Waals surface area (Å²) in [5.41, 5.74) is 5.30. The lowest BCUT2D eigenvalue weighted by Gasteiger charge is -2.23. The van der Waals surface area contributed by atoms with Gasteiger partial charge in [0, 0.05) is 49.8 Å². The highest BCUT2D eigenvalue weighted by atomic mass is 16.5. The van der Waals surface area contributed by atoms with Crippen LogP contribution in [0.1, 0.15) is 41.4 Å². The first-order valence-corrected chi connectivity index (χ1v) is 10.3. The fourth-order valence-corrected chi connectivity index (χ4v) is 3.80. The number of hydrogen-bond acceptors (Lipinski definition) is 5. The predicted octanol–water partition coefficient (Wildman–Crippen LogP) is 2.96. The second kappa shape index (κ2) is 10.2. The van der Waals surface area contributed by atoms with E-state index in [0.717, 1.165) is 28.9 Å². The number of ether oxygens (including phenoxy) is 1. The van der Waals surface area contributed by atoms with Crippen LogP contribution in [0.25, 0.3) is 0 Å². The number of nitrogens with zero attached hydrogens (tertiary/aromatic N) is 3. The molecule has 0 saturated heterocycles. The number of aliphatic hydroxyl groups excluding tert-OH is 1. The summed E-state index contributed by atoms with van der Waals surface area (Å²) < 4.78 is 7.60. The molecule has 2 heterocycles. The number of rotatable bonds is 10. The summed E-state index contributed by atoms with van der Waals surface area (Å²) in [6.45, 7) is 4.15. The van der Waals surface area contributed by atoms with Crippen molar-refractivity contribution in [3.63, 3.8) is 0 Å². The molecule has 2 atom stereocenters. The van der Waals surface area contributed by atoms with Crippen molar-refractivity contribution in [1.29, 1.82) is 0 Å². The third-order valence-corrected chi connectivity index (χ3v) is 5.80. The number of carbonyl (C=O) groups excluding carboxylic acids is 1. The van der Waals surface area contributed by atoms with Gasteiger partial charge in [-0.05, 0) is 36.5 Å². The third-order valence-electron chi connectivity index (χ3n) is 5.80. The van der Waals surface area contributed by atoms with E-state index in [0.29, 0.717) is 12.8 Å². The van der Waals surface area contributed by atoms with Crippen molar-refractivity contribution in [2.24, 2.45) is 18.9 Å². The van der Waals surface area contributed by atoms with Gasteiger partial charge >= 0.3 is 5.97 Å².